The summed E-state index contributed by atoms with van der Waals surface area (Å²) in [6, 6.07) is 24.2. The summed E-state index contributed by atoms with van der Waals surface area (Å²) < 4.78 is 11.4. The number of hydrogen-bond donors (Lipinski definition) is 0. The van der Waals surface area contributed by atoms with Crippen molar-refractivity contribution < 1.29 is 9.47 Å². The molecule has 28 heavy (non-hydrogen) atoms. The lowest BCUT2D eigenvalue weighted by Gasteiger charge is -2.25. The summed E-state index contributed by atoms with van der Waals surface area (Å²) >= 11 is 0. The molecule has 0 aliphatic heterocycles. The first-order valence-electron chi connectivity index (χ1n) is 9.99. The van der Waals surface area contributed by atoms with Gasteiger partial charge in [-0.1, -0.05) is 50.2 Å². The van der Waals surface area contributed by atoms with Gasteiger partial charge in [-0.05, 0) is 67.5 Å². The first kappa shape index (κ1) is 19.9. The molecule has 1 heterocycles. The molecule has 0 amide bonds. The zero-order chi connectivity index (χ0) is 19.8. The average Bonchev–Trinajstić information content (AvgIpc) is 2.70. The van der Waals surface area contributed by atoms with Crippen molar-refractivity contribution in [3.63, 3.8) is 0 Å². The van der Waals surface area contributed by atoms with Crippen LogP contribution in [0, 0.1) is 0 Å². The molecule has 2 aromatic carbocycles. The van der Waals surface area contributed by atoms with Crippen LogP contribution in [0.25, 0.3) is 0 Å². The van der Waals surface area contributed by atoms with Crippen LogP contribution < -0.4 is 9.47 Å². The molecule has 0 radical (unpaired) electrons. The number of nitrogens with zero attached hydrogens (tertiary/aromatic N) is 1. The van der Waals surface area contributed by atoms with Crippen LogP contribution in [0.2, 0.25) is 0 Å². The molecule has 0 aliphatic rings. The Hall–Kier alpha value is -2.81. The number of aryl methyl sites for hydroxylation is 1. The molecular formula is C25H29NO2. The third-order valence-corrected chi connectivity index (χ3v) is 4.93. The van der Waals surface area contributed by atoms with Gasteiger partial charge in [-0.3, -0.25) is 0 Å². The molecule has 0 saturated heterocycles. The third kappa shape index (κ3) is 5.59. The molecule has 0 bridgehead atoms. The summed E-state index contributed by atoms with van der Waals surface area (Å²) in [7, 11) is 0. The fraction of sp³-hybridized carbons (Fsp3) is 0.320. The smallest absolute Gasteiger partial charge is 0.219 e. The van der Waals surface area contributed by atoms with Crippen molar-refractivity contribution in [3.8, 4) is 17.4 Å². The van der Waals surface area contributed by atoms with Gasteiger partial charge in [0.15, 0.2) is 0 Å². The van der Waals surface area contributed by atoms with Crippen molar-refractivity contribution in [3.05, 3.63) is 84.1 Å². The lowest BCUT2D eigenvalue weighted by atomic mass is 9.80. The molecule has 0 saturated carbocycles. The van der Waals surface area contributed by atoms with Crippen LogP contribution in [0.3, 0.4) is 0 Å². The minimum absolute atomic E-state index is 0.114. The predicted molar refractivity (Wildman–Crippen MR) is 114 cm³/mol. The summed E-state index contributed by atoms with van der Waals surface area (Å²) in [5.41, 5.74) is 2.52. The summed E-state index contributed by atoms with van der Waals surface area (Å²) in [4.78, 5) is 4.65. The van der Waals surface area contributed by atoms with Gasteiger partial charge in [-0.15, -0.1) is 0 Å². The van der Waals surface area contributed by atoms with E-state index in [-0.39, 0.29) is 5.41 Å². The van der Waals surface area contributed by atoms with Gasteiger partial charge in [0, 0.05) is 11.8 Å². The standard InChI is InChI=1S/C25H29NO2/c1-4-27-22-17-15-20(16-18-22)25(2,3)19-9-11-21-10-8-14-24(26-21)28-23-12-6-5-7-13-23/h5-8,10,12-18H,4,9,11,19H2,1-3H3. The predicted octanol–water partition coefficient (Wildman–Crippen LogP) is 6.57. The number of pyridine rings is 1. The van der Waals surface area contributed by atoms with Crippen LogP contribution in [0.15, 0.2) is 72.8 Å². The quantitative estimate of drug-likeness (QED) is 0.424. The molecular weight excluding hydrogens is 346 g/mol. The molecule has 3 nitrogen and oxygen atoms in total. The Morgan fingerprint density at radius 1 is 0.821 bits per heavy atom. The van der Waals surface area contributed by atoms with E-state index in [0.29, 0.717) is 12.5 Å². The fourth-order valence-corrected chi connectivity index (χ4v) is 3.29. The topological polar surface area (TPSA) is 31.4 Å². The number of hydrogen-bond acceptors (Lipinski definition) is 3. The lowest BCUT2D eigenvalue weighted by Crippen LogP contribution is -2.17. The highest BCUT2D eigenvalue weighted by molar-refractivity contribution is 5.32. The fourth-order valence-electron chi connectivity index (χ4n) is 3.29. The zero-order valence-corrected chi connectivity index (χ0v) is 17.0. The number of ether oxygens (including phenoxy) is 2. The SMILES string of the molecule is CCOc1ccc(C(C)(C)CCCc2cccc(Oc3ccccc3)n2)cc1. The second-order valence-corrected chi connectivity index (χ2v) is 7.58. The van der Waals surface area contributed by atoms with Crippen LogP contribution >= 0.6 is 0 Å². The Morgan fingerprint density at radius 3 is 2.29 bits per heavy atom. The minimum Gasteiger partial charge on any atom is -0.494 e. The normalized spacial score (nSPS) is 11.2. The molecule has 0 N–H and O–H groups in total. The van der Waals surface area contributed by atoms with Crippen molar-refractivity contribution in [2.75, 3.05) is 6.61 Å². The Bertz CT molecular complexity index is 857. The maximum Gasteiger partial charge on any atom is 0.219 e. The molecule has 3 rings (SSSR count). The highest BCUT2D eigenvalue weighted by Crippen LogP contribution is 2.30. The molecule has 146 valence electrons. The van der Waals surface area contributed by atoms with Gasteiger partial charge in [0.2, 0.25) is 5.88 Å². The largest absolute Gasteiger partial charge is 0.494 e. The lowest BCUT2D eigenvalue weighted by molar-refractivity contribution is 0.339. The van der Waals surface area contributed by atoms with E-state index in [1.807, 2.05) is 49.4 Å². The van der Waals surface area contributed by atoms with Gasteiger partial charge >= 0.3 is 0 Å². The zero-order valence-electron chi connectivity index (χ0n) is 17.0. The van der Waals surface area contributed by atoms with E-state index in [1.165, 1.54) is 5.56 Å². The number of aromatic nitrogens is 1. The van der Waals surface area contributed by atoms with E-state index in [0.717, 1.165) is 36.5 Å². The average molecular weight is 376 g/mol. The summed E-state index contributed by atoms with van der Waals surface area (Å²) in [6.07, 6.45) is 3.10. The monoisotopic (exact) mass is 375 g/mol. The van der Waals surface area contributed by atoms with Crippen LogP contribution in [-0.2, 0) is 11.8 Å². The summed E-state index contributed by atoms with van der Waals surface area (Å²) in [6.45, 7) is 7.30. The second kappa shape index (κ2) is 9.41. The van der Waals surface area contributed by atoms with Crippen LogP contribution in [-0.4, -0.2) is 11.6 Å². The number of para-hydroxylation sites is 1. The van der Waals surface area contributed by atoms with E-state index < -0.39 is 0 Å². The van der Waals surface area contributed by atoms with Crippen LogP contribution in [0.4, 0.5) is 0 Å². The molecule has 0 unspecified atom stereocenters. The van der Waals surface area contributed by atoms with Crippen molar-refractivity contribution in [2.24, 2.45) is 0 Å². The van der Waals surface area contributed by atoms with E-state index in [1.54, 1.807) is 0 Å². The molecule has 1 aromatic heterocycles. The summed E-state index contributed by atoms with van der Waals surface area (Å²) in [5.74, 6) is 2.39. The van der Waals surface area contributed by atoms with Crippen molar-refractivity contribution in [1.82, 2.24) is 4.98 Å². The first-order chi connectivity index (χ1) is 13.6. The number of rotatable bonds is 9. The minimum atomic E-state index is 0.114. The van der Waals surface area contributed by atoms with Crippen molar-refractivity contribution >= 4 is 0 Å². The van der Waals surface area contributed by atoms with Crippen LogP contribution in [0.5, 0.6) is 17.4 Å². The molecule has 0 spiro atoms. The molecule has 0 atom stereocenters. The molecule has 3 heteroatoms. The Balaban J connectivity index is 1.55. The van der Waals surface area contributed by atoms with E-state index in [4.69, 9.17) is 9.47 Å². The maximum absolute atomic E-state index is 5.84. The second-order valence-electron chi connectivity index (χ2n) is 7.58. The van der Waals surface area contributed by atoms with Gasteiger partial charge in [0.25, 0.3) is 0 Å². The Morgan fingerprint density at radius 2 is 1.57 bits per heavy atom. The molecule has 3 aromatic rings. The van der Waals surface area contributed by atoms with Gasteiger partial charge in [0.05, 0.1) is 6.61 Å². The molecule has 0 fully saturated rings. The first-order valence-corrected chi connectivity index (χ1v) is 9.99. The van der Waals surface area contributed by atoms with Crippen LogP contribution in [0.1, 0.15) is 44.9 Å². The highest BCUT2D eigenvalue weighted by atomic mass is 16.5. The van der Waals surface area contributed by atoms with Gasteiger partial charge < -0.3 is 9.47 Å². The Labute approximate surface area is 168 Å². The summed E-state index contributed by atoms with van der Waals surface area (Å²) in [5, 5.41) is 0. The molecule has 0 aliphatic carbocycles. The van der Waals surface area contributed by atoms with E-state index in [2.05, 4.69) is 49.2 Å². The highest BCUT2D eigenvalue weighted by Gasteiger charge is 2.20. The van der Waals surface area contributed by atoms with E-state index in [9.17, 15) is 0 Å². The van der Waals surface area contributed by atoms with Gasteiger partial charge in [-0.2, -0.15) is 0 Å². The van der Waals surface area contributed by atoms with Gasteiger partial charge in [0.1, 0.15) is 11.5 Å². The van der Waals surface area contributed by atoms with Crippen molar-refractivity contribution in [1.29, 1.82) is 0 Å². The third-order valence-electron chi connectivity index (χ3n) is 4.93. The van der Waals surface area contributed by atoms with E-state index >= 15 is 0 Å². The van der Waals surface area contributed by atoms with Gasteiger partial charge in [-0.25, -0.2) is 4.98 Å². The van der Waals surface area contributed by atoms with Crippen molar-refractivity contribution in [2.45, 2.75) is 45.4 Å². The Kier molecular flexibility index (Phi) is 6.70. The maximum atomic E-state index is 5.84. The number of benzene rings is 2.